The van der Waals surface area contributed by atoms with Gasteiger partial charge in [-0.2, -0.15) is 0 Å². The Kier molecular flexibility index (Phi) is 24.1. The molecule has 10 atom stereocenters. The minimum absolute atomic E-state index is 0.0208. The van der Waals surface area contributed by atoms with Crippen molar-refractivity contribution < 1.29 is 68.7 Å². The van der Waals surface area contributed by atoms with E-state index in [4.69, 9.17) is 5.73 Å². The fraction of sp³-hybridized carbons (Fsp3) is 0.596. The largest absolute Gasteiger partial charge is 0.508 e. The lowest BCUT2D eigenvalue weighted by molar-refractivity contribution is -0.147. The number of phenols is 1. The van der Waals surface area contributed by atoms with E-state index in [0.29, 0.717) is 29.5 Å². The van der Waals surface area contributed by atoms with Gasteiger partial charge in [0.2, 0.25) is 47.3 Å². The third-order valence-corrected chi connectivity index (χ3v) is 12.4. The Morgan fingerprint density at radius 1 is 0.667 bits per heavy atom. The van der Waals surface area contributed by atoms with Gasteiger partial charge in [0.15, 0.2) is 6.04 Å². The lowest BCUT2D eigenvalue weighted by atomic mass is 9.84. The van der Waals surface area contributed by atoms with Crippen molar-refractivity contribution in [3.05, 3.63) is 65.2 Å². The summed E-state index contributed by atoms with van der Waals surface area (Å²) in [4.78, 5) is 122. The van der Waals surface area contributed by atoms with Crippen LogP contribution in [-0.2, 0) is 61.4 Å². The smallest absolute Gasteiger partial charge is 0.328 e. The van der Waals surface area contributed by atoms with Gasteiger partial charge < -0.3 is 73.4 Å². The molecular formula is C52H79N9O14. The molecule has 8 amide bonds. The van der Waals surface area contributed by atoms with Crippen molar-refractivity contribution in [2.24, 2.45) is 17.6 Å². The van der Waals surface area contributed by atoms with E-state index in [1.165, 1.54) is 26.0 Å². The number of hydrogen-bond donors (Lipinski definition) is 13. The number of aliphatic carboxylic acids is 1. The van der Waals surface area contributed by atoms with Crippen LogP contribution in [0, 0.1) is 11.8 Å². The molecule has 75 heavy (non-hydrogen) atoms. The summed E-state index contributed by atoms with van der Waals surface area (Å²) in [6, 6.07) is 1.99. The molecule has 0 bridgehead atoms. The quantitative estimate of drug-likeness (QED) is 0.0497. The molecule has 0 unspecified atom stereocenters. The molecule has 2 aromatic carbocycles. The number of carboxylic acid groups (broad SMARTS) is 1. The van der Waals surface area contributed by atoms with Crippen LogP contribution in [0.2, 0.25) is 0 Å². The average Bonchev–Trinajstić information content (AvgIpc) is 3.82. The van der Waals surface area contributed by atoms with E-state index in [1.54, 1.807) is 36.4 Å². The molecule has 1 heterocycles. The third kappa shape index (κ3) is 19.5. The summed E-state index contributed by atoms with van der Waals surface area (Å²) in [7, 11) is 0. The summed E-state index contributed by atoms with van der Waals surface area (Å²) in [6.07, 6.45) is -2.40. The number of amides is 8. The number of nitrogens with two attached hydrogens (primary N) is 1. The van der Waals surface area contributed by atoms with Crippen LogP contribution in [0.4, 0.5) is 0 Å². The van der Waals surface area contributed by atoms with Crippen molar-refractivity contribution in [3.63, 3.8) is 0 Å². The number of phenolic OH excluding ortho intramolecular Hbond substituents is 1. The molecule has 1 aliphatic heterocycles. The maximum atomic E-state index is 14.5. The molecule has 3 rings (SSSR count). The Labute approximate surface area is 437 Å². The zero-order chi connectivity index (χ0) is 56.5. The molecular weight excluding hydrogens is 975 g/mol. The highest BCUT2D eigenvalue weighted by molar-refractivity contribution is 5.98. The number of nitrogens with zero attached hydrogens (tertiary/aromatic N) is 1. The number of nitrogens with one attached hydrogen (secondary N) is 7. The van der Waals surface area contributed by atoms with Crippen LogP contribution in [0.15, 0.2) is 48.5 Å². The van der Waals surface area contributed by atoms with Gasteiger partial charge in [0, 0.05) is 19.4 Å². The Bertz CT molecular complexity index is 2310. The fourth-order valence-electron chi connectivity index (χ4n) is 8.45. The van der Waals surface area contributed by atoms with Crippen molar-refractivity contribution >= 4 is 53.2 Å². The van der Waals surface area contributed by atoms with Gasteiger partial charge in [0.25, 0.3) is 0 Å². The number of aliphatic hydroxyl groups excluding tert-OH is 3. The molecule has 1 fully saturated rings. The zero-order valence-electron chi connectivity index (χ0n) is 44.3. The van der Waals surface area contributed by atoms with Gasteiger partial charge in [-0.15, -0.1) is 0 Å². The van der Waals surface area contributed by atoms with Gasteiger partial charge in [0.1, 0.15) is 42.0 Å². The Hall–Kier alpha value is -6.69. The minimum atomic E-state index is -1.67. The highest BCUT2D eigenvalue weighted by Gasteiger charge is 2.41. The van der Waals surface area contributed by atoms with Crippen LogP contribution in [0.3, 0.4) is 0 Å². The zero-order valence-corrected chi connectivity index (χ0v) is 44.3. The van der Waals surface area contributed by atoms with Crippen LogP contribution in [0.1, 0.15) is 105 Å². The van der Waals surface area contributed by atoms with Gasteiger partial charge in [-0.3, -0.25) is 38.4 Å². The molecule has 0 aromatic heterocycles. The van der Waals surface area contributed by atoms with Gasteiger partial charge in [-0.1, -0.05) is 90.9 Å². The lowest BCUT2D eigenvalue weighted by Crippen LogP contribution is -2.61. The van der Waals surface area contributed by atoms with Crippen LogP contribution < -0.4 is 43.0 Å². The predicted molar refractivity (Wildman–Crippen MR) is 275 cm³/mol. The number of rotatable bonds is 27. The number of likely N-dealkylation sites (tertiary alicyclic amines) is 1. The highest BCUT2D eigenvalue weighted by Crippen LogP contribution is 2.31. The van der Waals surface area contributed by atoms with Crippen LogP contribution in [0.5, 0.6) is 5.75 Å². The first-order chi connectivity index (χ1) is 35.0. The summed E-state index contributed by atoms with van der Waals surface area (Å²) in [5.74, 6) is -8.39. The molecule has 1 saturated heterocycles. The van der Waals surface area contributed by atoms with Gasteiger partial charge >= 0.3 is 5.97 Å². The maximum absolute atomic E-state index is 14.5. The molecule has 2 aromatic rings. The average molecular weight is 1050 g/mol. The van der Waals surface area contributed by atoms with Crippen LogP contribution in [0.25, 0.3) is 0 Å². The number of carboxylic acids is 1. The Balaban J connectivity index is 1.90. The molecule has 1 aliphatic rings. The Morgan fingerprint density at radius 2 is 1.20 bits per heavy atom. The van der Waals surface area contributed by atoms with Crippen molar-refractivity contribution in [1.82, 2.24) is 42.1 Å². The molecule has 23 nitrogen and oxygen atoms in total. The van der Waals surface area contributed by atoms with E-state index in [0.717, 1.165) is 4.90 Å². The number of carbonyl (C=O) groups is 9. The molecule has 0 radical (unpaired) electrons. The molecule has 0 spiro atoms. The van der Waals surface area contributed by atoms with Crippen molar-refractivity contribution in [2.45, 2.75) is 167 Å². The fourth-order valence-corrected chi connectivity index (χ4v) is 8.45. The van der Waals surface area contributed by atoms with E-state index in [-0.39, 0.29) is 49.8 Å². The summed E-state index contributed by atoms with van der Waals surface area (Å²) in [6.45, 7) is 13.7. The van der Waals surface area contributed by atoms with E-state index in [1.807, 2.05) is 48.5 Å². The first-order valence-corrected chi connectivity index (χ1v) is 25.2. The Morgan fingerprint density at radius 3 is 1.75 bits per heavy atom. The third-order valence-electron chi connectivity index (χ3n) is 12.4. The monoisotopic (exact) mass is 1050 g/mol. The van der Waals surface area contributed by atoms with Crippen LogP contribution in [-0.4, -0.2) is 164 Å². The molecule has 0 saturated carbocycles. The second kappa shape index (κ2) is 28.8. The van der Waals surface area contributed by atoms with Crippen molar-refractivity contribution in [3.8, 4) is 5.75 Å². The summed E-state index contributed by atoms with van der Waals surface area (Å²) in [5.41, 5.74) is 7.07. The molecule has 416 valence electrons. The number of carbonyl (C=O) groups excluding carboxylic acids is 8. The summed E-state index contributed by atoms with van der Waals surface area (Å²) >= 11 is 0. The number of hydrogen-bond acceptors (Lipinski definition) is 14. The van der Waals surface area contributed by atoms with Gasteiger partial charge in [-0.25, -0.2) is 4.79 Å². The van der Waals surface area contributed by atoms with E-state index >= 15 is 0 Å². The lowest BCUT2D eigenvalue weighted by Gasteiger charge is -2.31. The van der Waals surface area contributed by atoms with Gasteiger partial charge in [-0.05, 0) is 79.5 Å². The molecule has 0 aliphatic carbocycles. The number of benzene rings is 2. The van der Waals surface area contributed by atoms with E-state index in [2.05, 4.69) is 37.2 Å². The number of aromatic hydroxyl groups is 1. The maximum Gasteiger partial charge on any atom is 0.328 e. The van der Waals surface area contributed by atoms with E-state index in [9.17, 15) is 68.7 Å². The standard InChI is InChI=1S/C52H79N9O14/c1-27(2)20-34(53)44(67)55-35(21-28(3)4)46(69)58-38(26-62)48(71)57-37(24-32-17-18-40(65)33(22-32)52(7,8)9)47(70)56-36(23-31-14-11-10-12-15-31)45(68)54-25-41(66)59-42(29(5)63)50(73)61-19-13-16-39(61)49(72)60-43(30(6)64)51(74)75/h10-12,14-15,17-18,22,27-30,34-39,42-43,62-65H,13,16,19-21,23-26,53H2,1-9H3,(H,54,68)(H,55,67)(H,56,70)(H,57,71)(H,58,69)(H,59,66)(H,60,72)(H,74,75)/t29-,30-,34+,35+,36+,37+,38+,39+,42+,43+/m1/s1. The minimum Gasteiger partial charge on any atom is -0.508 e. The normalized spacial score (nSPS) is 17.2. The first kappa shape index (κ1) is 62.6. The second-order valence-electron chi connectivity index (χ2n) is 21.0. The van der Waals surface area contributed by atoms with Crippen LogP contribution >= 0.6 is 0 Å². The van der Waals surface area contributed by atoms with E-state index < -0.39 is 132 Å². The van der Waals surface area contributed by atoms with Crippen molar-refractivity contribution in [2.75, 3.05) is 19.7 Å². The topological polar surface area (TPSA) is 368 Å². The first-order valence-electron chi connectivity index (χ1n) is 25.2. The molecule has 14 N–H and O–H groups in total. The predicted octanol–water partition coefficient (Wildman–Crippen LogP) is -1.25. The summed E-state index contributed by atoms with van der Waals surface area (Å²) < 4.78 is 0. The molecule has 23 heteroatoms. The second-order valence-corrected chi connectivity index (χ2v) is 21.0. The summed E-state index contributed by atoms with van der Waals surface area (Å²) in [5, 5.41) is 68.6. The highest BCUT2D eigenvalue weighted by atomic mass is 16.4. The van der Waals surface area contributed by atoms with Crippen molar-refractivity contribution in [1.29, 1.82) is 0 Å². The SMILES string of the molecule is CC(C)C[C@H](NC(=O)[C@@H](N)CC(C)C)C(=O)N[C@@H](CO)C(=O)N[C@@H](Cc1ccc(O)c(C(C)(C)C)c1)C(=O)N[C@@H](Cc1ccccc1)C(=O)NCC(=O)N[C@H](C(=O)N1CCC[C@H]1C(=O)N[C@H](C(=O)O)[C@@H](C)O)[C@@H](C)O. The van der Waals surface area contributed by atoms with Gasteiger partial charge in [0.05, 0.1) is 31.4 Å². The number of aliphatic hydroxyl groups is 3.